The molecule has 0 bridgehead atoms. The van der Waals surface area contributed by atoms with Crippen LogP contribution < -0.4 is 10.5 Å². The molecule has 0 heterocycles. The van der Waals surface area contributed by atoms with Crippen molar-refractivity contribution >= 4 is 10.0 Å². The molecule has 4 nitrogen and oxygen atoms in total. The van der Waals surface area contributed by atoms with E-state index in [1.165, 1.54) is 0 Å². The molecule has 19 heavy (non-hydrogen) atoms. The van der Waals surface area contributed by atoms with Crippen molar-refractivity contribution in [3.8, 4) is 0 Å². The lowest BCUT2D eigenvalue weighted by Gasteiger charge is -2.29. The van der Waals surface area contributed by atoms with Crippen molar-refractivity contribution in [2.24, 2.45) is 5.73 Å². The summed E-state index contributed by atoms with van der Waals surface area (Å²) in [6.45, 7) is 0. The normalized spacial score (nSPS) is 24.4. The highest BCUT2D eigenvalue weighted by Crippen LogP contribution is 2.22. The van der Waals surface area contributed by atoms with Gasteiger partial charge in [0.25, 0.3) is 0 Å². The molecule has 0 radical (unpaired) electrons. The first-order valence-corrected chi connectivity index (χ1v) is 7.62. The van der Waals surface area contributed by atoms with Crippen LogP contribution in [0.1, 0.15) is 25.7 Å². The molecular weight excluding hydrogens is 274 g/mol. The minimum atomic E-state index is -4.23. The topological polar surface area (TPSA) is 72.2 Å². The van der Waals surface area contributed by atoms with Gasteiger partial charge in [-0.15, -0.1) is 0 Å². The molecule has 0 aliphatic heterocycles. The van der Waals surface area contributed by atoms with E-state index in [4.69, 9.17) is 5.73 Å². The second kappa shape index (κ2) is 5.52. The summed E-state index contributed by atoms with van der Waals surface area (Å²) in [6, 6.07) is 2.16. The van der Waals surface area contributed by atoms with Gasteiger partial charge >= 0.3 is 0 Å². The van der Waals surface area contributed by atoms with Crippen LogP contribution in [0.3, 0.4) is 0 Å². The van der Waals surface area contributed by atoms with Gasteiger partial charge in [-0.1, -0.05) is 18.9 Å². The molecule has 0 saturated heterocycles. The summed E-state index contributed by atoms with van der Waals surface area (Å²) in [7, 11) is -4.23. The van der Waals surface area contributed by atoms with Crippen LogP contribution in [0.5, 0.6) is 0 Å². The molecule has 1 saturated carbocycles. The lowest BCUT2D eigenvalue weighted by molar-refractivity contribution is 0.360. The van der Waals surface area contributed by atoms with Crippen LogP contribution in [-0.4, -0.2) is 20.5 Å². The number of hydrogen-bond acceptors (Lipinski definition) is 3. The number of nitrogens with one attached hydrogen (secondary N) is 1. The van der Waals surface area contributed by atoms with E-state index in [1.54, 1.807) is 0 Å². The molecule has 2 unspecified atom stereocenters. The van der Waals surface area contributed by atoms with Crippen molar-refractivity contribution in [1.82, 2.24) is 4.72 Å². The summed E-state index contributed by atoms with van der Waals surface area (Å²) in [6.07, 6.45) is 3.07. The smallest absolute Gasteiger partial charge is 0.246 e. The first kappa shape index (κ1) is 14.4. The van der Waals surface area contributed by atoms with Gasteiger partial charge in [0.1, 0.15) is 11.6 Å². The quantitative estimate of drug-likeness (QED) is 0.886. The number of sulfonamides is 1. The largest absolute Gasteiger partial charge is 0.326 e. The molecule has 106 valence electrons. The Balaban J connectivity index is 2.27. The van der Waals surface area contributed by atoms with Crippen molar-refractivity contribution in [3.05, 3.63) is 29.8 Å². The molecule has 2 atom stereocenters. The zero-order valence-electron chi connectivity index (χ0n) is 10.3. The van der Waals surface area contributed by atoms with E-state index >= 15 is 0 Å². The highest BCUT2D eigenvalue weighted by atomic mass is 32.2. The fourth-order valence-electron chi connectivity index (χ4n) is 2.30. The summed E-state index contributed by atoms with van der Waals surface area (Å²) >= 11 is 0. The Labute approximate surface area is 111 Å². The van der Waals surface area contributed by atoms with Gasteiger partial charge in [0.15, 0.2) is 4.90 Å². The van der Waals surface area contributed by atoms with Crippen molar-refractivity contribution in [3.63, 3.8) is 0 Å². The second-order valence-electron chi connectivity index (χ2n) is 4.73. The first-order chi connectivity index (χ1) is 8.92. The minimum Gasteiger partial charge on any atom is -0.326 e. The van der Waals surface area contributed by atoms with Crippen molar-refractivity contribution in [2.45, 2.75) is 42.7 Å². The molecule has 1 aliphatic rings. The van der Waals surface area contributed by atoms with Crippen LogP contribution in [0.2, 0.25) is 0 Å². The Hall–Kier alpha value is -1.05. The molecule has 1 fully saturated rings. The van der Waals surface area contributed by atoms with Crippen molar-refractivity contribution in [1.29, 1.82) is 0 Å². The maximum absolute atomic E-state index is 13.5. The number of rotatable bonds is 3. The highest BCUT2D eigenvalue weighted by Gasteiger charge is 2.30. The third-order valence-corrected chi connectivity index (χ3v) is 4.85. The van der Waals surface area contributed by atoms with Gasteiger partial charge in [-0.3, -0.25) is 0 Å². The van der Waals surface area contributed by atoms with E-state index in [9.17, 15) is 17.2 Å². The predicted molar refractivity (Wildman–Crippen MR) is 66.9 cm³/mol. The minimum absolute atomic E-state index is 0.321. The zero-order valence-corrected chi connectivity index (χ0v) is 11.1. The molecule has 0 spiro atoms. The maximum atomic E-state index is 13.5. The third-order valence-electron chi connectivity index (χ3n) is 3.31. The number of benzene rings is 1. The van der Waals surface area contributed by atoms with E-state index in [-0.39, 0.29) is 6.04 Å². The average molecular weight is 290 g/mol. The molecule has 3 N–H and O–H groups in total. The van der Waals surface area contributed by atoms with E-state index in [1.807, 2.05) is 0 Å². The number of nitrogens with two attached hydrogens (primary N) is 1. The molecule has 1 aliphatic carbocycles. The van der Waals surface area contributed by atoms with E-state index < -0.39 is 32.6 Å². The Kier molecular flexibility index (Phi) is 4.17. The van der Waals surface area contributed by atoms with Crippen molar-refractivity contribution in [2.75, 3.05) is 0 Å². The Bertz CT molecular complexity index is 543. The van der Waals surface area contributed by atoms with Gasteiger partial charge in [-0.05, 0) is 25.0 Å². The first-order valence-electron chi connectivity index (χ1n) is 6.14. The van der Waals surface area contributed by atoms with Gasteiger partial charge in [-0.2, -0.15) is 0 Å². The molecule has 1 aromatic rings. The molecule has 7 heteroatoms. The molecule has 2 rings (SSSR count). The van der Waals surface area contributed by atoms with Crippen LogP contribution in [0.15, 0.2) is 23.1 Å². The Morgan fingerprint density at radius 1 is 1.16 bits per heavy atom. The van der Waals surface area contributed by atoms with Crippen LogP contribution >= 0.6 is 0 Å². The number of hydrogen-bond donors (Lipinski definition) is 2. The van der Waals surface area contributed by atoms with E-state index in [2.05, 4.69) is 4.72 Å². The summed E-state index contributed by atoms with van der Waals surface area (Å²) in [5.41, 5.74) is 5.83. The van der Waals surface area contributed by atoms with Gasteiger partial charge < -0.3 is 5.73 Å². The summed E-state index contributed by atoms with van der Waals surface area (Å²) in [4.78, 5) is -0.937. The highest BCUT2D eigenvalue weighted by molar-refractivity contribution is 7.89. The van der Waals surface area contributed by atoms with E-state index in [0.29, 0.717) is 12.8 Å². The third kappa shape index (κ3) is 3.10. The van der Waals surface area contributed by atoms with Crippen molar-refractivity contribution < 1.29 is 17.2 Å². The fraction of sp³-hybridized carbons (Fsp3) is 0.500. The van der Waals surface area contributed by atoms with Gasteiger partial charge in [0, 0.05) is 12.1 Å². The zero-order chi connectivity index (χ0) is 14.0. The summed E-state index contributed by atoms with van der Waals surface area (Å²) in [5.74, 6) is -2.20. The lowest BCUT2D eigenvalue weighted by Crippen LogP contribution is -2.49. The molecule has 0 amide bonds. The van der Waals surface area contributed by atoms with Gasteiger partial charge in [0.2, 0.25) is 10.0 Å². The summed E-state index contributed by atoms with van der Waals surface area (Å²) in [5, 5.41) is 0. The average Bonchev–Trinajstić information content (AvgIpc) is 2.31. The van der Waals surface area contributed by atoms with Crippen LogP contribution in [0, 0.1) is 11.6 Å². The van der Waals surface area contributed by atoms with Gasteiger partial charge in [-0.25, -0.2) is 21.9 Å². The molecule has 0 aromatic heterocycles. The SMILES string of the molecule is NC1CCCCC1NS(=O)(=O)c1c(F)cccc1F. The second-order valence-corrected chi connectivity index (χ2v) is 6.38. The standard InChI is InChI=1S/C12H16F2N2O2S/c13-8-4-3-5-9(14)12(8)19(17,18)16-11-7-2-1-6-10(11)15/h3-5,10-11,16H,1-2,6-7,15H2. The van der Waals surface area contributed by atoms with Gasteiger partial charge in [0.05, 0.1) is 0 Å². The van der Waals surface area contributed by atoms with Crippen LogP contribution in [0.25, 0.3) is 0 Å². The summed E-state index contributed by atoms with van der Waals surface area (Å²) < 4.78 is 53.4. The monoisotopic (exact) mass is 290 g/mol. The Morgan fingerprint density at radius 3 is 2.32 bits per heavy atom. The Morgan fingerprint density at radius 2 is 1.74 bits per heavy atom. The lowest BCUT2D eigenvalue weighted by atomic mass is 9.92. The van der Waals surface area contributed by atoms with Crippen LogP contribution in [0.4, 0.5) is 8.78 Å². The molecular formula is C12H16F2N2O2S. The predicted octanol–water partition coefficient (Wildman–Crippen LogP) is 1.51. The van der Waals surface area contributed by atoms with Crippen LogP contribution in [-0.2, 0) is 10.0 Å². The van der Waals surface area contributed by atoms with E-state index in [0.717, 1.165) is 31.0 Å². The molecule has 1 aromatic carbocycles. The maximum Gasteiger partial charge on any atom is 0.246 e. The fourth-order valence-corrected chi connectivity index (χ4v) is 3.76. The number of halogens is 2.